The van der Waals surface area contributed by atoms with Crippen molar-refractivity contribution < 1.29 is 9.53 Å². The minimum Gasteiger partial charge on any atom is -0.497 e. The molecular formula is C15H22N2O2. The zero-order valence-electron chi connectivity index (χ0n) is 11.5. The van der Waals surface area contributed by atoms with Gasteiger partial charge in [-0.05, 0) is 49.9 Å². The molecule has 1 unspecified atom stereocenters. The normalized spacial score (nSPS) is 19.3. The summed E-state index contributed by atoms with van der Waals surface area (Å²) in [6, 6.07) is 7.35. The Labute approximate surface area is 114 Å². The van der Waals surface area contributed by atoms with E-state index in [4.69, 9.17) is 10.5 Å². The third-order valence-corrected chi connectivity index (χ3v) is 3.70. The van der Waals surface area contributed by atoms with Gasteiger partial charge in [0.25, 0.3) is 5.91 Å². The third kappa shape index (κ3) is 3.47. The summed E-state index contributed by atoms with van der Waals surface area (Å²) in [5.41, 5.74) is 6.31. The van der Waals surface area contributed by atoms with Crippen molar-refractivity contribution in [1.29, 1.82) is 0 Å². The van der Waals surface area contributed by atoms with Crippen LogP contribution in [0, 0.1) is 5.92 Å². The predicted octanol–water partition coefficient (Wildman–Crippen LogP) is 1.90. The number of carbonyl (C=O) groups excluding carboxylic acids is 1. The number of rotatable bonds is 4. The lowest BCUT2D eigenvalue weighted by Gasteiger charge is -2.32. The number of ether oxygens (including phenoxy) is 1. The summed E-state index contributed by atoms with van der Waals surface area (Å²) >= 11 is 0. The first kappa shape index (κ1) is 13.9. The maximum Gasteiger partial charge on any atom is 0.253 e. The Morgan fingerprint density at radius 1 is 1.53 bits per heavy atom. The van der Waals surface area contributed by atoms with E-state index in [1.807, 2.05) is 23.1 Å². The highest BCUT2D eigenvalue weighted by Gasteiger charge is 2.24. The molecule has 4 heteroatoms. The van der Waals surface area contributed by atoms with Crippen molar-refractivity contribution in [2.45, 2.75) is 19.3 Å². The van der Waals surface area contributed by atoms with E-state index in [9.17, 15) is 4.79 Å². The van der Waals surface area contributed by atoms with Crippen LogP contribution in [0.2, 0.25) is 0 Å². The molecule has 1 heterocycles. The molecule has 1 atom stereocenters. The lowest BCUT2D eigenvalue weighted by Crippen LogP contribution is -2.40. The molecule has 1 aliphatic heterocycles. The highest BCUT2D eigenvalue weighted by molar-refractivity contribution is 5.94. The lowest BCUT2D eigenvalue weighted by molar-refractivity contribution is 0.0669. The van der Waals surface area contributed by atoms with Gasteiger partial charge in [-0.25, -0.2) is 0 Å². The first-order valence-electron chi connectivity index (χ1n) is 6.88. The number of nitrogens with two attached hydrogens (primary N) is 1. The summed E-state index contributed by atoms with van der Waals surface area (Å²) in [5.74, 6) is 1.37. The van der Waals surface area contributed by atoms with Crippen LogP contribution in [0.5, 0.6) is 5.75 Å². The second-order valence-electron chi connectivity index (χ2n) is 5.07. The van der Waals surface area contributed by atoms with Crippen LogP contribution in [-0.2, 0) is 0 Å². The van der Waals surface area contributed by atoms with Crippen LogP contribution >= 0.6 is 0 Å². The molecule has 104 valence electrons. The zero-order valence-corrected chi connectivity index (χ0v) is 11.5. The van der Waals surface area contributed by atoms with Crippen molar-refractivity contribution in [3.8, 4) is 5.75 Å². The summed E-state index contributed by atoms with van der Waals surface area (Å²) in [6.07, 6.45) is 3.25. The fraction of sp³-hybridized carbons (Fsp3) is 0.533. The number of hydrogen-bond donors (Lipinski definition) is 1. The van der Waals surface area contributed by atoms with Crippen LogP contribution in [0.15, 0.2) is 24.3 Å². The minimum atomic E-state index is 0.0978. The summed E-state index contributed by atoms with van der Waals surface area (Å²) in [7, 11) is 1.61. The molecule has 1 aliphatic rings. The smallest absolute Gasteiger partial charge is 0.253 e. The van der Waals surface area contributed by atoms with E-state index in [1.165, 1.54) is 6.42 Å². The van der Waals surface area contributed by atoms with Gasteiger partial charge in [0, 0.05) is 18.7 Å². The monoisotopic (exact) mass is 262 g/mol. The molecule has 2 N–H and O–H groups in total. The first-order chi connectivity index (χ1) is 9.24. The molecule has 0 aliphatic carbocycles. The maximum absolute atomic E-state index is 12.5. The number of nitrogens with zero attached hydrogens (tertiary/aromatic N) is 1. The van der Waals surface area contributed by atoms with Crippen LogP contribution < -0.4 is 10.5 Å². The van der Waals surface area contributed by atoms with Gasteiger partial charge in [0.15, 0.2) is 0 Å². The van der Waals surface area contributed by atoms with E-state index in [-0.39, 0.29) is 5.91 Å². The average molecular weight is 262 g/mol. The van der Waals surface area contributed by atoms with Crippen LogP contribution in [0.4, 0.5) is 0 Å². The molecule has 19 heavy (non-hydrogen) atoms. The first-order valence-corrected chi connectivity index (χ1v) is 6.88. The van der Waals surface area contributed by atoms with Crippen molar-refractivity contribution >= 4 is 5.91 Å². The molecule has 1 aromatic rings. The molecule has 1 fully saturated rings. The standard InChI is InChI=1S/C15H22N2O2/c1-19-14-6-2-5-13(10-14)15(18)17-9-3-4-12(11-17)7-8-16/h2,5-6,10,12H,3-4,7-9,11,16H2,1H3. The van der Waals surface area contributed by atoms with E-state index in [1.54, 1.807) is 13.2 Å². The Morgan fingerprint density at radius 2 is 2.37 bits per heavy atom. The Morgan fingerprint density at radius 3 is 3.11 bits per heavy atom. The van der Waals surface area contributed by atoms with Gasteiger partial charge in [0.2, 0.25) is 0 Å². The van der Waals surface area contributed by atoms with Gasteiger partial charge in [-0.2, -0.15) is 0 Å². The highest BCUT2D eigenvalue weighted by atomic mass is 16.5. The average Bonchev–Trinajstić information content (AvgIpc) is 2.47. The molecule has 0 spiro atoms. The van der Waals surface area contributed by atoms with Crippen molar-refractivity contribution in [1.82, 2.24) is 4.90 Å². The summed E-state index contributed by atoms with van der Waals surface area (Å²) in [5, 5.41) is 0. The number of benzene rings is 1. The van der Waals surface area contributed by atoms with Crippen molar-refractivity contribution in [2.24, 2.45) is 11.7 Å². The molecule has 2 rings (SSSR count). The summed E-state index contributed by atoms with van der Waals surface area (Å²) < 4.78 is 5.16. The summed E-state index contributed by atoms with van der Waals surface area (Å²) in [4.78, 5) is 14.4. The topological polar surface area (TPSA) is 55.6 Å². The number of amides is 1. The van der Waals surface area contributed by atoms with Gasteiger partial charge in [0.1, 0.15) is 5.75 Å². The second kappa shape index (κ2) is 6.57. The molecule has 0 bridgehead atoms. The van der Waals surface area contributed by atoms with Gasteiger partial charge in [-0.15, -0.1) is 0 Å². The number of hydrogen-bond acceptors (Lipinski definition) is 3. The molecule has 4 nitrogen and oxygen atoms in total. The number of likely N-dealkylation sites (tertiary alicyclic amines) is 1. The number of methoxy groups -OCH3 is 1. The van der Waals surface area contributed by atoms with Gasteiger partial charge < -0.3 is 15.4 Å². The van der Waals surface area contributed by atoms with Crippen molar-refractivity contribution in [3.05, 3.63) is 29.8 Å². The van der Waals surface area contributed by atoms with E-state index in [2.05, 4.69) is 0 Å². The Bertz CT molecular complexity index is 432. The molecule has 1 amide bonds. The SMILES string of the molecule is COc1cccc(C(=O)N2CCCC(CCN)C2)c1. The van der Waals surface area contributed by atoms with E-state index < -0.39 is 0 Å². The fourth-order valence-electron chi connectivity index (χ4n) is 2.66. The Kier molecular flexibility index (Phi) is 4.80. The number of piperidine rings is 1. The fourth-order valence-corrected chi connectivity index (χ4v) is 2.66. The maximum atomic E-state index is 12.5. The quantitative estimate of drug-likeness (QED) is 0.901. The van der Waals surface area contributed by atoms with Gasteiger partial charge in [0.05, 0.1) is 7.11 Å². The predicted molar refractivity (Wildman–Crippen MR) is 75.3 cm³/mol. The molecule has 1 saturated heterocycles. The number of carbonyl (C=O) groups is 1. The molecule has 0 aromatic heterocycles. The molecule has 1 aromatic carbocycles. The van der Waals surface area contributed by atoms with Crippen molar-refractivity contribution in [2.75, 3.05) is 26.7 Å². The van der Waals surface area contributed by atoms with Crippen LogP contribution in [-0.4, -0.2) is 37.6 Å². The second-order valence-corrected chi connectivity index (χ2v) is 5.07. The lowest BCUT2D eigenvalue weighted by atomic mass is 9.94. The van der Waals surface area contributed by atoms with Gasteiger partial charge >= 0.3 is 0 Å². The summed E-state index contributed by atoms with van der Waals surface area (Å²) in [6.45, 7) is 2.37. The third-order valence-electron chi connectivity index (χ3n) is 3.70. The highest BCUT2D eigenvalue weighted by Crippen LogP contribution is 2.22. The molecule has 0 radical (unpaired) electrons. The van der Waals surface area contributed by atoms with E-state index in [0.717, 1.165) is 31.7 Å². The van der Waals surface area contributed by atoms with E-state index >= 15 is 0 Å². The molecular weight excluding hydrogens is 240 g/mol. The van der Waals surface area contributed by atoms with Gasteiger partial charge in [-0.3, -0.25) is 4.79 Å². The van der Waals surface area contributed by atoms with Crippen LogP contribution in [0.25, 0.3) is 0 Å². The van der Waals surface area contributed by atoms with Crippen molar-refractivity contribution in [3.63, 3.8) is 0 Å². The van der Waals surface area contributed by atoms with Gasteiger partial charge in [-0.1, -0.05) is 6.07 Å². The zero-order chi connectivity index (χ0) is 13.7. The Balaban J connectivity index is 2.05. The van der Waals surface area contributed by atoms with E-state index in [0.29, 0.717) is 18.0 Å². The Hall–Kier alpha value is -1.55. The molecule has 0 saturated carbocycles. The van der Waals surface area contributed by atoms with Crippen LogP contribution in [0.3, 0.4) is 0 Å². The minimum absolute atomic E-state index is 0.0978. The largest absolute Gasteiger partial charge is 0.497 e. The van der Waals surface area contributed by atoms with Crippen LogP contribution in [0.1, 0.15) is 29.6 Å².